The number of carbonyl (C=O) groups excluding carboxylic acids is 2. The van der Waals surface area contributed by atoms with Crippen LogP contribution in [0.15, 0.2) is 53.4 Å². The number of amides is 2. The molecular formula is C23H20N4O4S. The number of fused-ring (bicyclic) bond motifs is 1. The summed E-state index contributed by atoms with van der Waals surface area (Å²) in [5, 5.41) is 12.8. The van der Waals surface area contributed by atoms with Gasteiger partial charge < -0.3 is 19.4 Å². The summed E-state index contributed by atoms with van der Waals surface area (Å²) in [6.45, 7) is 1.05. The number of pyridine rings is 1. The van der Waals surface area contributed by atoms with Crippen LogP contribution in [-0.4, -0.2) is 28.4 Å². The molecule has 162 valence electrons. The largest absolute Gasteiger partial charge is 0.465 e. The molecule has 9 heteroatoms. The van der Waals surface area contributed by atoms with Crippen molar-refractivity contribution >= 4 is 34.4 Å². The number of ether oxygens (including phenoxy) is 1. The fourth-order valence-electron chi connectivity index (χ4n) is 3.40. The zero-order valence-electron chi connectivity index (χ0n) is 17.1. The van der Waals surface area contributed by atoms with E-state index in [2.05, 4.69) is 16.4 Å². The molecule has 4 heterocycles. The van der Waals surface area contributed by atoms with Gasteiger partial charge in [-0.15, -0.1) is 11.3 Å². The van der Waals surface area contributed by atoms with Gasteiger partial charge in [0.2, 0.25) is 5.91 Å². The Labute approximate surface area is 188 Å². The van der Waals surface area contributed by atoms with Crippen LogP contribution < -0.4 is 5.32 Å². The van der Waals surface area contributed by atoms with Crippen molar-refractivity contribution in [2.24, 2.45) is 0 Å². The Balaban J connectivity index is 1.43. The number of furan rings is 1. The normalized spacial score (nSPS) is 12.9. The number of hydrogen-bond donors (Lipinski definition) is 1. The van der Waals surface area contributed by atoms with E-state index < -0.39 is 6.09 Å². The number of anilines is 1. The van der Waals surface area contributed by atoms with Crippen LogP contribution in [0, 0.1) is 11.3 Å². The van der Waals surface area contributed by atoms with Crippen molar-refractivity contribution in [3.8, 4) is 6.07 Å². The number of aromatic nitrogens is 1. The molecule has 0 spiro atoms. The number of carbonyl (C=O) groups is 2. The van der Waals surface area contributed by atoms with E-state index in [1.165, 1.54) is 23.7 Å². The summed E-state index contributed by atoms with van der Waals surface area (Å²) in [7, 11) is 0. The van der Waals surface area contributed by atoms with Crippen molar-refractivity contribution in [2.45, 2.75) is 26.0 Å². The molecule has 4 rings (SSSR count). The molecule has 8 nitrogen and oxygen atoms in total. The molecule has 0 fully saturated rings. The molecular weight excluding hydrogens is 428 g/mol. The van der Waals surface area contributed by atoms with E-state index in [0.29, 0.717) is 30.3 Å². The fourth-order valence-corrected chi connectivity index (χ4v) is 4.69. The second-order valence-corrected chi connectivity index (χ2v) is 8.17. The smallest absolute Gasteiger partial charge is 0.410 e. The molecule has 1 aliphatic heterocycles. The number of thiophene rings is 1. The minimum Gasteiger partial charge on any atom is -0.465 e. The summed E-state index contributed by atoms with van der Waals surface area (Å²) < 4.78 is 10.6. The van der Waals surface area contributed by atoms with E-state index in [1.807, 2.05) is 0 Å². The average molecular weight is 449 g/mol. The summed E-state index contributed by atoms with van der Waals surface area (Å²) in [5.41, 5.74) is 2.71. The lowest BCUT2D eigenvalue weighted by atomic mass is 10.0. The monoisotopic (exact) mass is 448 g/mol. The maximum Gasteiger partial charge on any atom is 0.410 e. The second kappa shape index (κ2) is 9.94. The number of nitrogens with zero attached hydrogens (tertiary/aromatic N) is 3. The van der Waals surface area contributed by atoms with E-state index in [9.17, 15) is 14.9 Å². The van der Waals surface area contributed by atoms with Gasteiger partial charge in [0, 0.05) is 35.5 Å². The third-order valence-corrected chi connectivity index (χ3v) is 6.15. The summed E-state index contributed by atoms with van der Waals surface area (Å²) in [6, 6.07) is 9.25. The first-order chi connectivity index (χ1) is 15.6. The van der Waals surface area contributed by atoms with Crippen LogP contribution in [0.2, 0.25) is 0 Å². The van der Waals surface area contributed by atoms with Crippen LogP contribution in [0.3, 0.4) is 0 Å². The lowest BCUT2D eigenvalue weighted by Crippen LogP contribution is -2.35. The molecule has 0 aliphatic carbocycles. The van der Waals surface area contributed by atoms with Gasteiger partial charge in [-0.2, -0.15) is 5.26 Å². The zero-order chi connectivity index (χ0) is 22.3. The Bertz CT molecular complexity index is 1160. The average Bonchev–Trinajstić information content (AvgIpc) is 3.45. The van der Waals surface area contributed by atoms with Crippen molar-refractivity contribution in [3.63, 3.8) is 0 Å². The molecule has 3 aromatic heterocycles. The Morgan fingerprint density at radius 3 is 2.94 bits per heavy atom. The Morgan fingerprint density at radius 2 is 2.19 bits per heavy atom. The van der Waals surface area contributed by atoms with Gasteiger partial charge in [0.25, 0.3) is 0 Å². The van der Waals surface area contributed by atoms with Gasteiger partial charge in [0.05, 0.1) is 25.3 Å². The van der Waals surface area contributed by atoms with Gasteiger partial charge >= 0.3 is 6.09 Å². The number of nitriles is 1. The van der Waals surface area contributed by atoms with Crippen LogP contribution in [-0.2, 0) is 35.5 Å². The highest BCUT2D eigenvalue weighted by atomic mass is 32.1. The van der Waals surface area contributed by atoms with Gasteiger partial charge in [-0.25, -0.2) is 4.79 Å². The Kier molecular flexibility index (Phi) is 6.63. The highest BCUT2D eigenvalue weighted by molar-refractivity contribution is 7.16. The maximum absolute atomic E-state index is 12.5. The summed E-state index contributed by atoms with van der Waals surface area (Å²) in [4.78, 5) is 31.4. The predicted octanol–water partition coefficient (Wildman–Crippen LogP) is 4.15. The van der Waals surface area contributed by atoms with Crippen LogP contribution in [0.4, 0.5) is 9.80 Å². The number of rotatable bonds is 6. The van der Waals surface area contributed by atoms with E-state index in [4.69, 9.17) is 9.15 Å². The van der Waals surface area contributed by atoms with Gasteiger partial charge in [-0.05, 0) is 47.9 Å². The minimum absolute atomic E-state index is 0.179. The van der Waals surface area contributed by atoms with Crippen molar-refractivity contribution in [1.29, 1.82) is 5.26 Å². The Hall–Kier alpha value is -3.90. The SMILES string of the molecule is N#CCc1c(NC(=O)/C=C/c2ccco2)sc2c1CCN(C(=O)OCc1ccncc1)C2. The Morgan fingerprint density at radius 1 is 1.34 bits per heavy atom. The van der Waals surface area contributed by atoms with E-state index in [-0.39, 0.29) is 18.9 Å². The molecule has 0 aromatic carbocycles. The highest BCUT2D eigenvalue weighted by Gasteiger charge is 2.28. The van der Waals surface area contributed by atoms with Crippen molar-refractivity contribution in [2.75, 3.05) is 11.9 Å². The first kappa shape index (κ1) is 21.3. The van der Waals surface area contributed by atoms with E-state index in [0.717, 1.165) is 21.6 Å². The fraction of sp³-hybridized carbons (Fsp3) is 0.217. The second-order valence-electron chi connectivity index (χ2n) is 7.07. The lowest BCUT2D eigenvalue weighted by molar-refractivity contribution is -0.111. The van der Waals surface area contributed by atoms with E-state index in [1.54, 1.807) is 47.6 Å². The predicted molar refractivity (Wildman–Crippen MR) is 119 cm³/mol. The number of nitrogens with one attached hydrogen (secondary N) is 1. The molecule has 1 aliphatic rings. The maximum atomic E-state index is 12.5. The molecule has 0 unspecified atom stereocenters. The lowest BCUT2D eigenvalue weighted by Gasteiger charge is -2.26. The number of hydrogen-bond acceptors (Lipinski definition) is 7. The van der Waals surface area contributed by atoms with Gasteiger partial charge in [-0.1, -0.05) is 0 Å². The van der Waals surface area contributed by atoms with Crippen LogP contribution in [0.1, 0.15) is 27.3 Å². The summed E-state index contributed by atoms with van der Waals surface area (Å²) >= 11 is 1.39. The van der Waals surface area contributed by atoms with Gasteiger partial charge in [0.1, 0.15) is 17.4 Å². The highest BCUT2D eigenvalue weighted by Crippen LogP contribution is 2.37. The molecule has 2 amide bonds. The summed E-state index contributed by atoms with van der Waals surface area (Å²) in [5.74, 6) is 0.261. The topological polar surface area (TPSA) is 108 Å². The molecule has 3 aromatic rings. The van der Waals surface area contributed by atoms with Crippen LogP contribution in [0.25, 0.3) is 6.08 Å². The summed E-state index contributed by atoms with van der Waals surface area (Å²) in [6.07, 6.45) is 8.19. The van der Waals surface area contributed by atoms with Gasteiger partial charge in [-0.3, -0.25) is 9.78 Å². The molecule has 0 saturated heterocycles. The van der Waals surface area contributed by atoms with Crippen LogP contribution >= 0.6 is 11.3 Å². The first-order valence-electron chi connectivity index (χ1n) is 9.97. The molecule has 0 atom stereocenters. The third-order valence-electron chi connectivity index (χ3n) is 4.97. The quantitative estimate of drug-likeness (QED) is 0.568. The molecule has 32 heavy (non-hydrogen) atoms. The zero-order valence-corrected chi connectivity index (χ0v) is 17.9. The molecule has 0 saturated carbocycles. The van der Waals surface area contributed by atoms with E-state index >= 15 is 0 Å². The van der Waals surface area contributed by atoms with Crippen LogP contribution in [0.5, 0.6) is 0 Å². The van der Waals surface area contributed by atoms with Crippen molar-refractivity contribution in [1.82, 2.24) is 9.88 Å². The molecule has 1 N–H and O–H groups in total. The molecule has 0 radical (unpaired) electrons. The first-order valence-corrected chi connectivity index (χ1v) is 10.8. The molecule has 0 bridgehead atoms. The van der Waals surface area contributed by atoms with Crippen molar-refractivity contribution in [3.05, 3.63) is 76.3 Å². The van der Waals surface area contributed by atoms with Gasteiger partial charge in [0.15, 0.2) is 0 Å². The standard InChI is InChI=1S/C23H20N4O4S/c24-9-5-19-18-8-12-27(23(29)31-15-16-6-10-25-11-7-16)14-20(18)32-22(19)26-21(28)4-3-17-2-1-13-30-17/h1-4,6-7,10-11,13H,5,8,12,14-15H2,(H,26,28)/b4-3+. The van der Waals surface area contributed by atoms with Crippen molar-refractivity contribution < 1.29 is 18.7 Å². The third kappa shape index (κ3) is 5.04. The minimum atomic E-state index is -0.394.